The maximum absolute atomic E-state index is 12.9. The lowest BCUT2D eigenvalue weighted by molar-refractivity contribution is -0.161. The molecule has 0 heterocycles. The summed E-state index contributed by atoms with van der Waals surface area (Å²) in [6.07, 6.45) is 36.5. The molecule has 3 N–H and O–H groups in total. The molecule has 19 heteroatoms. The quantitative estimate of drug-likeness (QED) is 0.0222. The topological polar surface area (TPSA) is 237 Å². The van der Waals surface area contributed by atoms with Gasteiger partial charge in [0.2, 0.25) is 0 Å². The highest BCUT2D eigenvalue weighted by Gasteiger charge is 2.30. The minimum absolute atomic E-state index is 0.105. The maximum Gasteiger partial charge on any atom is 0.472 e. The van der Waals surface area contributed by atoms with E-state index in [2.05, 4.69) is 27.7 Å². The Labute approximate surface area is 467 Å². The van der Waals surface area contributed by atoms with Gasteiger partial charge in [-0.2, -0.15) is 0 Å². The fourth-order valence-electron chi connectivity index (χ4n) is 8.57. The van der Waals surface area contributed by atoms with Crippen molar-refractivity contribution in [2.75, 3.05) is 39.6 Å². The predicted molar refractivity (Wildman–Crippen MR) is 303 cm³/mol. The minimum Gasteiger partial charge on any atom is -0.462 e. The number of carbonyl (C=O) groups is 4. The van der Waals surface area contributed by atoms with Gasteiger partial charge in [0.05, 0.1) is 26.4 Å². The van der Waals surface area contributed by atoms with Gasteiger partial charge in [0.15, 0.2) is 12.2 Å². The molecule has 0 aliphatic rings. The lowest BCUT2D eigenvalue weighted by Crippen LogP contribution is -2.30. The van der Waals surface area contributed by atoms with Crippen LogP contribution in [-0.4, -0.2) is 96.7 Å². The summed E-state index contributed by atoms with van der Waals surface area (Å²) in [5.74, 6) is -2.15. The van der Waals surface area contributed by atoms with Crippen LogP contribution in [0.1, 0.15) is 291 Å². The second-order valence-corrected chi connectivity index (χ2v) is 23.9. The van der Waals surface area contributed by atoms with Crippen molar-refractivity contribution < 1.29 is 80.2 Å². The fourth-order valence-corrected chi connectivity index (χ4v) is 10.2. The first-order valence-electron chi connectivity index (χ1n) is 30.8. The average molecular weight is 1140 g/mol. The van der Waals surface area contributed by atoms with Gasteiger partial charge in [-0.25, -0.2) is 9.13 Å². The second kappa shape index (κ2) is 53.4. The van der Waals surface area contributed by atoms with Crippen LogP contribution in [0.15, 0.2) is 0 Å². The molecule has 0 fully saturated rings. The molecular formula is C58H112O17P2. The summed E-state index contributed by atoms with van der Waals surface area (Å²) in [7, 11) is -9.86. The number of esters is 4. The molecular weight excluding hydrogens is 1030 g/mol. The van der Waals surface area contributed by atoms with E-state index in [-0.39, 0.29) is 25.7 Å². The predicted octanol–water partition coefficient (Wildman–Crippen LogP) is 15.6. The van der Waals surface area contributed by atoms with Crippen LogP contribution in [0.5, 0.6) is 0 Å². The molecule has 2 unspecified atom stereocenters. The first-order chi connectivity index (χ1) is 37.2. The second-order valence-electron chi connectivity index (χ2n) is 21.0. The Morgan fingerprint density at radius 2 is 0.519 bits per heavy atom. The highest BCUT2D eigenvalue weighted by molar-refractivity contribution is 7.47. The van der Waals surface area contributed by atoms with Crippen molar-refractivity contribution in [2.45, 2.75) is 309 Å². The molecule has 0 amide bonds. The number of hydrogen-bond donors (Lipinski definition) is 3. The third kappa shape index (κ3) is 53.2. The van der Waals surface area contributed by atoms with Gasteiger partial charge < -0.3 is 33.8 Å². The molecule has 0 radical (unpaired) electrons. The van der Waals surface area contributed by atoms with E-state index >= 15 is 0 Å². The van der Waals surface area contributed by atoms with Crippen molar-refractivity contribution in [1.29, 1.82) is 0 Å². The molecule has 0 rings (SSSR count). The molecule has 0 bridgehead atoms. The monoisotopic (exact) mass is 1140 g/mol. The van der Waals surface area contributed by atoms with E-state index in [4.69, 9.17) is 37.0 Å². The van der Waals surface area contributed by atoms with Crippen molar-refractivity contribution in [3.63, 3.8) is 0 Å². The van der Waals surface area contributed by atoms with E-state index in [1.807, 2.05) is 0 Å². The standard InChI is InChI=1S/C58H112O17P2/c1-5-9-13-17-20-23-25-26-27-30-33-37-41-45-58(63)75-54(49-69-56(61)43-39-35-31-29-24-21-18-14-10-6-2)51-73-77(66,67)71-47-52(59)46-70-76(64,65)72-50-53(48-68-55(60)42-38-34-16-12-8-4)74-57(62)44-40-36-32-28-22-19-15-11-7-3/h52-54,59H,5-51H2,1-4H3,(H,64,65)(H,66,67)/t52-,53+,54+/m0/s1. The fraction of sp³-hybridized carbons (Fsp3) is 0.931. The molecule has 77 heavy (non-hydrogen) atoms. The molecule has 0 aliphatic carbocycles. The van der Waals surface area contributed by atoms with Crippen LogP contribution in [0.4, 0.5) is 0 Å². The molecule has 0 aromatic rings. The van der Waals surface area contributed by atoms with Gasteiger partial charge in [-0.1, -0.05) is 240 Å². The van der Waals surface area contributed by atoms with Crippen LogP contribution in [-0.2, 0) is 65.4 Å². The zero-order valence-electron chi connectivity index (χ0n) is 48.9. The van der Waals surface area contributed by atoms with Gasteiger partial charge >= 0.3 is 39.5 Å². The summed E-state index contributed by atoms with van der Waals surface area (Å²) in [4.78, 5) is 71.6. The zero-order valence-corrected chi connectivity index (χ0v) is 50.7. The molecule has 0 aromatic heterocycles. The Morgan fingerprint density at radius 1 is 0.312 bits per heavy atom. The number of phosphoric acid groups is 2. The molecule has 0 aromatic carbocycles. The molecule has 0 saturated heterocycles. The molecule has 456 valence electrons. The van der Waals surface area contributed by atoms with Crippen molar-refractivity contribution in [1.82, 2.24) is 0 Å². The average Bonchev–Trinajstić information content (AvgIpc) is 3.40. The summed E-state index contributed by atoms with van der Waals surface area (Å²) >= 11 is 0. The van der Waals surface area contributed by atoms with Gasteiger partial charge in [0.25, 0.3) is 0 Å². The first kappa shape index (κ1) is 75.1. The van der Waals surface area contributed by atoms with Gasteiger partial charge in [0, 0.05) is 25.7 Å². The number of phosphoric ester groups is 2. The van der Waals surface area contributed by atoms with Gasteiger partial charge in [-0.15, -0.1) is 0 Å². The van der Waals surface area contributed by atoms with E-state index in [0.29, 0.717) is 25.7 Å². The van der Waals surface area contributed by atoms with Crippen molar-refractivity contribution >= 4 is 39.5 Å². The summed E-state index contributed by atoms with van der Waals surface area (Å²) in [5, 5.41) is 10.5. The van der Waals surface area contributed by atoms with Gasteiger partial charge in [0.1, 0.15) is 19.3 Å². The maximum atomic E-state index is 12.9. The van der Waals surface area contributed by atoms with Crippen LogP contribution in [0.25, 0.3) is 0 Å². The molecule has 17 nitrogen and oxygen atoms in total. The van der Waals surface area contributed by atoms with E-state index in [1.54, 1.807) is 0 Å². The first-order valence-corrected chi connectivity index (χ1v) is 33.8. The summed E-state index contributed by atoms with van der Waals surface area (Å²) in [5.41, 5.74) is 0. The van der Waals surface area contributed by atoms with Crippen molar-refractivity contribution in [3.8, 4) is 0 Å². The lowest BCUT2D eigenvalue weighted by atomic mass is 10.0. The van der Waals surface area contributed by atoms with Gasteiger partial charge in [-0.3, -0.25) is 37.3 Å². The molecule has 0 saturated carbocycles. The number of aliphatic hydroxyl groups is 1. The highest BCUT2D eigenvalue weighted by Crippen LogP contribution is 2.45. The van der Waals surface area contributed by atoms with E-state index in [9.17, 15) is 43.2 Å². The Kier molecular flexibility index (Phi) is 52.0. The van der Waals surface area contributed by atoms with E-state index < -0.39 is 97.5 Å². The highest BCUT2D eigenvalue weighted by atomic mass is 31.2. The van der Waals surface area contributed by atoms with Crippen molar-refractivity contribution in [3.05, 3.63) is 0 Å². The Bertz CT molecular complexity index is 1500. The Balaban J connectivity index is 5.17. The number of unbranched alkanes of at least 4 members (excludes halogenated alkanes) is 33. The van der Waals surface area contributed by atoms with Crippen LogP contribution >= 0.6 is 15.6 Å². The summed E-state index contributed by atoms with van der Waals surface area (Å²) in [6, 6.07) is 0. The summed E-state index contributed by atoms with van der Waals surface area (Å²) < 4.78 is 67.5. The minimum atomic E-state index is -4.93. The van der Waals surface area contributed by atoms with E-state index in [1.165, 1.54) is 116 Å². The number of carbonyl (C=O) groups excluding carboxylic acids is 4. The Hall–Kier alpha value is -1.94. The van der Waals surface area contributed by atoms with Crippen LogP contribution in [0, 0.1) is 0 Å². The summed E-state index contributed by atoms with van der Waals surface area (Å²) in [6.45, 7) is 4.74. The smallest absolute Gasteiger partial charge is 0.462 e. The zero-order chi connectivity index (χ0) is 56.9. The molecule has 0 spiro atoms. The van der Waals surface area contributed by atoms with E-state index in [0.717, 1.165) is 96.3 Å². The SMILES string of the molecule is CCCCCCCCCCCCCCCC(=O)O[C@H](COC(=O)CCCCCCCCCCCC)COP(=O)(O)OC[C@@H](O)COP(=O)(O)OC[C@@H](COC(=O)CCCCCCC)OC(=O)CCCCCCCCCCC. The third-order valence-electron chi connectivity index (χ3n) is 13.4. The van der Waals surface area contributed by atoms with Gasteiger partial charge in [-0.05, 0) is 25.7 Å². The largest absolute Gasteiger partial charge is 0.472 e. The Morgan fingerprint density at radius 3 is 0.766 bits per heavy atom. The van der Waals surface area contributed by atoms with Crippen LogP contribution < -0.4 is 0 Å². The van der Waals surface area contributed by atoms with Crippen LogP contribution in [0.3, 0.4) is 0 Å². The number of hydrogen-bond acceptors (Lipinski definition) is 15. The van der Waals surface area contributed by atoms with Crippen LogP contribution in [0.2, 0.25) is 0 Å². The number of rotatable bonds is 59. The molecule has 0 aliphatic heterocycles. The molecule has 5 atom stereocenters. The van der Waals surface area contributed by atoms with Crippen molar-refractivity contribution in [2.24, 2.45) is 0 Å². The third-order valence-corrected chi connectivity index (χ3v) is 15.3. The normalized spacial score (nSPS) is 14.3. The number of ether oxygens (including phenoxy) is 4. The lowest BCUT2D eigenvalue weighted by Gasteiger charge is -2.21. The number of aliphatic hydroxyl groups excluding tert-OH is 1.